The van der Waals surface area contributed by atoms with E-state index in [4.69, 9.17) is 0 Å². The summed E-state index contributed by atoms with van der Waals surface area (Å²) in [6.07, 6.45) is 3.42. The minimum atomic E-state index is -2.36. The Morgan fingerprint density at radius 2 is 1.47 bits per heavy atom. The minimum Gasteiger partial charge on any atom is -0.318 e. The molecule has 0 aliphatic heterocycles. The molecule has 0 fully saturated rings. The number of hydrogen-bond donors (Lipinski definition) is 0. The largest absolute Gasteiger partial charge is 0.318 e. The Hall–Kier alpha value is -0.690. The molecule has 0 N–H and O–H groups in total. The van der Waals surface area contributed by atoms with Gasteiger partial charge >= 0.3 is 0 Å². The Kier molecular flexibility index (Phi) is 3.67. The van der Waals surface area contributed by atoms with E-state index in [0.717, 1.165) is 11.1 Å². The molecule has 0 atom stereocenters. The molecule has 3 nitrogen and oxygen atoms in total. The molecule has 0 aliphatic rings. The monoisotopic (exact) mass is 226 g/mol. The molecule has 1 rings (SSSR count). The Morgan fingerprint density at radius 1 is 1.07 bits per heavy atom. The van der Waals surface area contributed by atoms with E-state index in [1.807, 2.05) is 34.6 Å². The van der Waals surface area contributed by atoms with E-state index in [9.17, 15) is 4.57 Å². The molecule has 0 spiro atoms. The third-order valence-corrected chi connectivity index (χ3v) is 6.81. The molecule has 0 unspecified atom stereocenters. The zero-order chi connectivity index (χ0) is 11.6. The third-order valence-electron chi connectivity index (χ3n) is 2.71. The molecule has 0 radical (unpaired) electrons. The highest BCUT2D eigenvalue weighted by atomic mass is 31.2. The predicted octanol–water partition coefficient (Wildman–Crippen LogP) is 2.59. The van der Waals surface area contributed by atoms with E-state index >= 15 is 0 Å². The summed E-state index contributed by atoms with van der Waals surface area (Å²) in [5.74, 6) is 0.720. The first-order chi connectivity index (χ1) is 6.89. The summed E-state index contributed by atoms with van der Waals surface area (Å²) >= 11 is 0. The second kappa shape index (κ2) is 4.44. The molecular weight excluding hydrogens is 207 g/mol. The first-order valence-corrected chi connectivity index (χ1v) is 7.12. The van der Waals surface area contributed by atoms with Gasteiger partial charge in [-0.3, -0.25) is 0 Å². The topological polar surface area (TPSA) is 42.9 Å². The van der Waals surface area contributed by atoms with E-state index in [2.05, 4.69) is 9.97 Å². The maximum atomic E-state index is 12.8. The number of aryl methyl sites for hydroxylation is 1. The normalized spacial score (nSPS) is 12.5. The van der Waals surface area contributed by atoms with Crippen LogP contribution in [-0.2, 0) is 4.57 Å². The van der Waals surface area contributed by atoms with Crippen LogP contribution in [0.2, 0.25) is 0 Å². The maximum absolute atomic E-state index is 12.8. The van der Waals surface area contributed by atoms with Gasteiger partial charge in [0.15, 0.2) is 0 Å². The lowest BCUT2D eigenvalue weighted by atomic mass is 10.5. The van der Waals surface area contributed by atoms with Gasteiger partial charge in [-0.15, -0.1) is 0 Å². The summed E-state index contributed by atoms with van der Waals surface area (Å²) in [6, 6.07) is 0. The van der Waals surface area contributed by atoms with Crippen molar-refractivity contribution < 1.29 is 4.57 Å². The van der Waals surface area contributed by atoms with Crippen LogP contribution in [0.15, 0.2) is 12.4 Å². The van der Waals surface area contributed by atoms with Crippen molar-refractivity contribution in [1.29, 1.82) is 0 Å². The summed E-state index contributed by atoms with van der Waals surface area (Å²) in [5, 5.41) is 0.804. The van der Waals surface area contributed by atoms with Crippen molar-refractivity contribution in [1.82, 2.24) is 9.97 Å². The van der Waals surface area contributed by atoms with E-state index < -0.39 is 7.14 Å². The highest BCUT2D eigenvalue weighted by Crippen LogP contribution is 2.53. The summed E-state index contributed by atoms with van der Waals surface area (Å²) < 4.78 is 12.8. The molecule has 0 bridgehead atoms. The highest BCUT2D eigenvalue weighted by molar-refractivity contribution is 7.72. The second-order valence-electron chi connectivity index (χ2n) is 4.39. The van der Waals surface area contributed by atoms with Crippen LogP contribution < -0.4 is 5.30 Å². The fourth-order valence-electron chi connectivity index (χ4n) is 1.76. The van der Waals surface area contributed by atoms with E-state index in [0.29, 0.717) is 0 Å². The van der Waals surface area contributed by atoms with Crippen LogP contribution in [-0.4, -0.2) is 21.3 Å². The number of nitrogens with zero attached hydrogens (tertiary/aromatic N) is 2. The van der Waals surface area contributed by atoms with Gasteiger partial charge in [0.1, 0.15) is 13.0 Å². The Bertz CT molecular complexity index is 359. The molecule has 1 aromatic rings. The average Bonchev–Trinajstić information content (AvgIpc) is 2.17. The number of hydrogen-bond acceptors (Lipinski definition) is 3. The molecule has 1 aromatic heterocycles. The molecule has 15 heavy (non-hydrogen) atoms. The third kappa shape index (κ3) is 2.28. The van der Waals surface area contributed by atoms with Crippen molar-refractivity contribution in [3.8, 4) is 0 Å². The number of aromatic nitrogens is 2. The van der Waals surface area contributed by atoms with Crippen molar-refractivity contribution in [2.75, 3.05) is 0 Å². The van der Waals surface area contributed by atoms with Crippen molar-refractivity contribution in [3.63, 3.8) is 0 Å². The Labute approximate surface area is 91.7 Å². The SMILES string of the molecule is Cc1ncc(P(=O)(C(C)C)C(C)C)cn1. The predicted molar refractivity (Wildman–Crippen MR) is 64.3 cm³/mol. The maximum Gasteiger partial charge on any atom is 0.125 e. The van der Waals surface area contributed by atoms with Gasteiger partial charge in [0, 0.05) is 29.0 Å². The van der Waals surface area contributed by atoms with E-state index in [-0.39, 0.29) is 11.3 Å². The van der Waals surface area contributed by atoms with Crippen LogP contribution >= 0.6 is 7.14 Å². The van der Waals surface area contributed by atoms with E-state index in [1.54, 1.807) is 12.4 Å². The fraction of sp³-hybridized carbons (Fsp3) is 0.636. The highest BCUT2D eigenvalue weighted by Gasteiger charge is 2.32. The molecule has 0 aromatic carbocycles. The van der Waals surface area contributed by atoms with Gasteiger partial charge in [-0.25, -0.2) is 9.97 Å². The Balaban J connectivity index is 3.22. The number of rotatable bonds is 3. The first kappa shape index (κ1) is 12.4. The van der Waals surface area contributed by atoms with Crippen LogP contribution in [0, 0.1) is 6.92 Å². The Morgan fingerprint density at radius 3 is 1.80 bits per heavy atom. The standard InChI is InChI=1S/C11H19N2OP/c1-8(2)15(14,9(3)4)11-6-12-10(5)13-7-11/h6-9H,1-5H3. The quantitative estimate of drug-likeness (QED) is 0.744. The molecule has 1 heterocycles. The van der Waals surface area contributed by atoms with Crippen LogP contribution in [0.1, 0.15) is 33.5 Å². The van der Waals surface area contributed by atoms with Gasteiger partial charge in [0.2, 0.25) is 0 Å². The van der Waals surface area contributed by atoms with Crippen molar-refractivity contribution in [3.05, 3.63) is 18.2 Å². The van der Waals surface area contributed by atoms with Gasteiger partial charge in [0.05, 0.1) is 0 Å². The van der Waals surface area contributed by atoms with Crippen LogP contribution in [0.25, 0.3) is 0 Å². The van der Waals surface area contributed by atoms with Crippen molar-refractivity contribution in [2.45, 2.75) is 45.9 Å². The summed E-state index contributed by atoms with van der Waals surface area (Å²) in [5.41, 5.74) is 0.285. The molecule has 84 valence electrons. The molecule has 0 aliphatic carbocycles. The van der Waals surface area contributed by atoms with Gasteiger partial charge in [-0.05, 0) is 6.92 Å². The fourth-order valence-corrected chi connectivity index (χ4v) is 4.62. The second-order valence-corrected chi connectivity index (χ2v) is 8.39. The van der Waals surface area contributed by atoms with Gasteiger partial charge < -0.3 is 4.57 Å². The van der Waals surface area contributed by atoms with Crippen LogP contribution in [0.5, 0.6) is 0 Å². The molecule has 0 saturated heterocycles. The summed E-state index contributed by atoms with van der Waals surface area (Å²) in [6.45, 7) is 9.84. The zero-order valence-electron chi connectivity index (χ0n) is 10.1. The average molecular weight is 226 g/mol. The van der Waals surface area contributed by atoms with Gasteiger partial charge in [0.25, 0.3) is 0 Å². The zero-order valence-corrected chi connectivity index (χ0v) is 11.0. The van der Waals surface area contributed by atoms with Crippen molar-refractivity contribution >= 4 is 12.4 Å². The smallest absolute Gasteiger partial charge is 0.125 e. The lowest BCUT2D eigenvalue weighted by molar-refractivity contribution is 0.568. The molecule has 0 amide bonds. The van der Waals surface area contributed by atoms with Gasteiger partial charge in [-0.1, -0.05) is 27.7 Å². The summed E-state index contributed by atoms with van der Waals surface area (Å²) in [7, 11) is -2.36. The summed E-state index contributed by atoms with van der Waals surface area (Å²) in [4.78, 5) is 8.25. The lowest BCUT2D eigenvalue weighted by Crippen LogP contribution is -2.20. The molecular formula is C11H19N2OP. The molecule has 0 saturated carbocycles. The van der Waals surface area contributed by atoms with Crippen molar-refractivity contribution in [2.24, 2.45) is 0 Å². The first-order valence-electron chi connectivity index (χ1n) is 5.27. The van der Waals surface area contributed by atoms with Crippen LogP contribution in [0.3, 0.4) is 0 Å². The molecule has 4 heteroatoms. The van der Waals surface area contributed by atoms with E-state index in [1.165, 1.54) is 0 Å². The van der Waals surface area contributed by atoms with Crippen LogP contribution in [0.4, 0.5) is 0 Å². The van der Waals surface area contributed by atoms with Gasteiger partial charge in [-0.2, -0.15) is 0 Å². The lowest BCUT2D eigenvalue weighted by Gasteiger charge is -2.25. The minimum absolute atomic E-state index is 0.142.